The number of carbonyl (C=O) groups is 3. The number of hydrogen-bond acceptors (Lipinski definition) is 4. The van der Waals surface area contributed by atoms with Crippen molar-refractivity contribution in [3.8, 4) is 0 Å². The highest BCUT2D eigenvalue weighted by Gasteiger charge is 2.49. The summed E-state index contributed by atoms with van der Waals surface area (Å²) in [6.07, 6.45) is 0.838. The van der Waals surface area contributed by atoms with Crippen LogP contribution in [0.4, 0.5) is 0 Å². The Kier molecular flexibility index (Phi) is 4.70. The third-order valence-corrected chi connectivity index (χ3v) is 3.38. The van der Waals surface area contributed by atoms with Gasteiger partial charge < -0.3 is 15.4 Å². The smallest absolute Gasteiger partial charge is 0.239 e. The van der Waals surface area contributed by atoms with Crippen LogP contribution in [0, 0.1) is 0 Å². The van der Waals surface area contributed by atoms with Crippen molar-refractivity contribution in [2.75, 3.05) is 13.2 Å². The molecule has 1 fully saturated rings. The molecule has 0 bridgehead atoms. The zero-order chi connectivity index (χ0) is 15.3. The van der Waals surface area contributed by atoms with Crippen molar-refractivity contribution in [3.05, 3.63) is 35.9 Å². The molecule has 1 saturated heterocycles. The number of rotatable bonds is 8. The summed E-state index contributed by atoms with van der Waals surface area (Å²) in [6.45, 7) is 1.93. The third kappa shape index (κ3) is 4.13. The number of epoxide rings is 1. The molecule has 2 rings (SSSR count). The molecule has 1 aliphatic rings. The van der Waals surface area contributed by atoms with Crippen molar-refractivity contribution < 1.29 is 19.1 Å². The minimum absolute atomic E-state index is 0.147. The average Bonchev–Trinajstić information content (AvgIpc) is 3.24. The maximum atomic E-state index is 12.4. The maximum Gasteiger partial charge on any atom is 0.239 e. The van der Waals surface area contributed by atoms with Crippen LogP contribution in [0.5, 0.6) is 0 Å². The van der Waals surface area contributed by atoms with Crippen molar-refractivity contribution in [3.63, 3.8) is 0 Å². The first-order valence-corrected chi connectivity index (χ1v) is 6.74. The molecule has 0 aromatic heterocycles. The van der Waals surface area contributed by atoms with Crippen LogP contribution in [0.3, 0.4) is 0 Å². The van der Waals surface area contributed by atoms with Gasteiger partial charge in [-0.25, -0.2) is 0 Å². The van der Waals surface area contributed by atoms with E-state index >= 15 is 0 Å². The van der Waals surface area contributed by atoms with E-state index in [1.54, 1.807) is 6.92 Å². The molecular formula is C15H18N2O4. The van der Waals surface area contributed by atoms with Gasteiger partial charge in [-0.3, -0.25) is 14.4 Å². The summed E-state index contributed by atoms with van der Waals surface area (Å²) >= 11 is 0. The van der Waals surface area contributed by atoms with E-state index < -0.39 is 17.6 Å². The van der Waals surface area contributed by atoms with E-state index in [0.717, 1.165) is 5.56 Å². The summed E-state index contributed by atoms with van der Waals surface area (Å²) in [4.78, 5) is 34.4. The summed E-state index contributed by atoms with van der Waals surface area (Å²) in [5.41, 5.74) is 0.147. The molecule has 0 saturated carbocycles. The van der Waals surface area contributed by atoms with Gasteiger partial charge >= 0.3 is 0 Å². The fraction of sp³-hybridized carbons (Fsp3) is 0.400. The van der Waals surface area contributed by atoms with E-state index in [2.05, 4.69) is 10.6 Å². The monoisotopic (exact) mass is 290 g/mol. The van der Waals surface area contributed by atoms with E-state index in [4.69, 9.17) is 4.74 Å². The van der Waals surface area contributed by atoms with E-state index in [1.165, 1.54) is 0 Å². The Morgan fingerprint density at radius 2 is 2.05 bits per heavy atom. The standard InChI is InChI=1S/C15H18N2O4/c1-15(9-21-15)14(20)12(17-13(19)8-16-10-18)7-11-5-3-2-4-6-11/h2-6,10,12H,7-9H2,1H3,(H,16,18)(H,17,19)/t12?,15-/m1/s1. The molecule has 1 unspecified atom stereocenters. The van der Waals surface area contributed by atoms with E-state index in [1.807, 2.05) is 30.3 Å². The maximum absolute atomic E-state index is 12.4. The lowest BCUT2D eigenvalue weighted by Gasteiger charge is -2.19. The molecule has 2 N–H and O–H groups in total. The van der Waals surface area contributed by atoms with Gasteiger partial charge in [0.05, 0.1) is 19.2 Å². The van der Waals surface area contributed by atoms with Gasteiger partial charge in [0, 0.05) is 0 Å². The molecule has 21 heavy (non-hydrogen) atoms. The lowest BCUT2D eigenvalue weighted by atomic mass is 9.95. The predicted octanol–water partition coefficient (Wildman–Crippen LogP) is -0.182. The molecule has 112 valence electrons. The molecule has 0 aliphatic carbocycles. The second-order valence-electron chi connectivity index (χ2n) is 5.19. The number of hydrogen-bond donors (Lipinski definition) is 2. The van der Waals surface area contributed by atoms with Crippen LogP contribution < -0.4 is 10.6 Å². The number of amides is 2. The first kappa shape index (κ1) is 15.2. The quantitative estimate of drug-likeness (QED) is 0.513. The Bertz CT molecular complexity index is 526. The Morgan fingerprint density at radius 3 is 2.62 bits per heavy atom. The highest BCUT2D eigenvalue weighted by atomic mass is 16.6. The minimum Gasteiger partial charge on any atom is -0.361 e. The molecule has 6 nitrogen and oxygen atoms in total. The van der Waals surface area contributed by atoms with Crippen LogP contribution >= 0.6 is 0 Å². The highest BCUT2D eigenvalue weighted by molar-refractivity contribution is 5.97. The predicted molar refractivity (Wildman–Crippen MR) is 75.5 cm³/mol. The molecule has 1 aromatic carbocycles. The number of ketones is 1. The van der Waals surface area contributed by atoms with Crippen LogP contribution in [0.2, 0.25) is 0 Å². The average molecular weight is 290 g/mol. The number of benzene rings is 1. The second-order valence-corrected chi connectivity index (χ2v) is 5.19. The van der Waals surface area contributed by atoms with Gasteiger partial charge in [-0.05, 0) is 18.9 Å². The van der Waals surface area contributed by atoms with Gasteiger partial charge in [-0.15, -0.1) is 0 Å². The van der Waals surface area contributed by atoms with E-state index in [9.17, 15) is 14.4 Å². The number of nitrogens with one attached hydrogen (secondary N) is 2. The molecule has 1 aliphatic heterocycles. The highest BCUT2D eigenvalue weighted by Crippen LogP contribution is 2.29. The topological polar surface area (TPSA) is 87.8 Å². The SMILES string of the molecule is C[C@]1(C(=O)C(Cc2ccccc2)NC(=O)CNC=O)CO1. The largest absolute Gasteiger partial charge is 0.361 e. The third-order valence-electron chi connectivity index (χ3n) is 3.38. The summed E-state index contributed by atoms with van der Waals surface area (Å²) in [6, 6.07) is 8.77. The van der Waals surface area contributed by atoms with Gasteiger partial charge in [-0.2, -0.15) is 0 Å². The first-order chi connectivity index (χ1) is 10.0. The molecule has 0 spiro atoms. The zero-order valence-corrected chi connectivity index (χ0v) is 11.8. The molecular weight excluding hydrogens is 272 g/mol. The molecule has 2 amide bonds. The van der Waals surface area contributed by atoms with Crippen LogP contribution in [0.25, 0.3) is 0 Å². The zero-order valence-electron chi connectivity index (χ0n) is 11.8. The van der Waals surface area contributed by atoms with Gasteiger partial charge in [0.15, 0.2) is 5.78 Å². The van der Waals surface area contributed by atoms with Crippen molar-refractivity contribution in [2.45, 2.75) is 25.0 Å². The van der Waals surface area contributed by atoms with Crippen molar-refractivity contribution >= 4 is 18.1 Å². The summed E-state index contributed by atoms with van der Waals surface area (Å²) in [7, 11) is 0. The molecule has 0 radical (unpaired) electrons. The summed E-state index contributed by atoms with van der Waals surface area (Å²) < 4.78 is 5.17. The number of Topliss-reactive ketones (excluding diaryl/α,β-unsaturated/α-hetero) is 1. The minimum atomic E-state index is -0.801. The molecule has 1 aromatic rings. The first-order valence-electron chi connectivity index (χ1n) is 6.74. The van der Waals surface area contributed by atoms with Crippen LogP contribution in [-0.4, -0.2) is 42.9 Å². The van der Waals surface area contributed by atoms with Crippen LogP contribution in [-0.2, 0) is 25.5 Å². The fourth-order valence-electron chi connectivity index (χ4n) is 2.06. The van der Waals surface area contributed by atoms with Crippen molar-refractivity contribution in [1.82, 2.24) is 10.6 Å². The molecule has 6 heteroatoms. The Balaban J connectivity index is 2.05. The summed E-state index contributed by atoms with van der Waals surface area (Å²) in [5, 5.41) is 4.93. The number of carbonyl (C=O) groups excluding carboxylic acids is 3. The molecule has 1 heterocycles. The second kappa shape index (κ2) is 6.49. The van der Waals surface area contributed by atoms with E-state index in [0.29, 0.717) is 19.4 Å². The van der Waals surface area contributed by atoms with Crippen LogP contribution in [0.15, 0.2) is 30.3 Å². The van der Waals surface area contributed by atoms with Gasteiger partial charge in [0.2, 0.25) is 12.3 Å². The Hall–Kier alpha value is -2.21. The van der Waals surface area contributed by atoms with Gasteiger partial charge in [0.1, 0.15) is 5.60 Å². The molecule has 2 atom stereocenters. The van der Waals surface area contributed by atoms with Gasteiger partial charge in [-0.1, -0.05) is 30.3 Å². The lowest BCUT2D eigenvalue weighted by molar-refractivity contribution is -0.130. The normalized spacial score (nSPS) is 21.2. The van der Waals surface area contributed by atoms with Crippen LogP contribution in [0.1, 0.15) is 12.5 Å². The fourth-order valence-corrected chi connectivity index (χ4v) is 2.06. The lowest BCUT2D eigenvalue weighted by Crippen LogP contribution is -2.49. The van der Waals surface area contributed by atoms with Gasteiger partial charge in [0.25, 0.3) is 0 Å². The van der Waals surface area contributed by atoms with Crippen molar-refractivity contribution in [1.29, 1.82) is 0 Å². The summed E-state index contributed by atoms with van der Waals surface area (Å²) in [5.74, 6) is -0.550. The van der Waals surface area contributed by atoms with E-state index in [-0.39, 0.29) is 12.3 Å². The Morgan fingerprint density at radius 1 is 1.38 bits per heavy atom. The number of ether oxygens (including phenoxy) is 1. The van der Waals surface area contributed by atoms with Crippen molar-refractivity contribution in [2.24, 2.45) is 0 Å². The Labute approximate surface area is 122 Å².